The smallest absolute Gasteiger partial charge is 0.286 e. The lowest BCUT2D eigenvalue weighted by atomic mass is 10.1. The molecule has 0 aliphatic carbocycles. The fourth-order valence-electron chi connectivity index (χ4n) is 3.58. The Morgan fingerprint density at radius 1 is 1.07 bits per heavy atom. The van der Waals surface area contributed by atoms with Gasteiger partial charge in [0, 0.05) is 37.8 Å². The van der Waals surface area contributed by atoms with Crippen LogP contribution in [0.3, 0.4) is 0 Å². The summed E-state index contributed by atoms with van der Waals surface area (Å²) in [7, 11) is 4.21. The van der Waals surface area contributed by atoms with E-state index in [0.717, 1.165) is 43.0 Å². The first-order valence-corrected chi connectivity index (χ1v) is 9.89. The molecule has 0 bridgehead atoms. The molecule has 1 aromatic carbocycles. The second kappa shape index (κ2) is 8.05. The minimum absolute atomic E-state index is 0.480. The standard InChI is InChI=1S/C22H28N7/c1-17-8-9-29-16-20(27(3)21(29)14-17)19-6-4-18(5-7-19)15-24-25-22(23)28-12-10-26(2)11-13-28/h4-9,14-16H,10-13H2,1-3H3,(H2,23,25)/q+1/b24-15+. The van der Waals surface area contributed by atoms with Gasteiger partial charge in [-0.15, -0.1) is 5.10 Å². The summed E-state index contributed by atoms with van der Waals surface area (Å²) in [4.78, 5) is 4.35. The molecule has 1 fully saturated rings. The maximum Gasteiger partial charge on any atom is 0.286 e. The van der Waals surface area contributed by atoms with Crippen LogP contribution >= 0.6 is 0 Å². The molecule has 1 aliphatic rings. The third-order valence-corrected chi connectivity index (χ3v) is 5.49. The molecular weight excluding hydrogens is 362 g/mol. The number of aromatic nitrogens is 2. The zero-order chi connectivity index (χ0) is 20.4. The van der Waals surface area contributed by atoms with Gasteiger partial charge in [-0.25, -0.2) is 8.97 Å². The molecule has 0 saturated carbocycles. The Balaban J connectivity index is 1.47. The minimum Gasteiger partial charge on any atom is -0.368 e. The number of benzene rings is 1. The minimum atomic E-state index is 0.480. The molecule has 7 nitrogen and oxygen atoms in total. The Morgan fingerprint density at radius 2 is 1.79 bits per heavy atom. The first kappa shape index (κ1) is 19.1. The van der Waals surface area contributed by atoms with Crippen LogP contribution in [0.15, 0.2) is 59.0 Å². The lowest BCUT2D eigenvalue weighted by Crippen LogP contribution is -2.49. The van der Waals surface area contributed by atoms with Gasteiger partial charge in [-0.05, 0) is 43.3 Å². The zero-order valence-electron chi connectivity index (χ0n) is 17.3. The molecular formula is C22H28N7+. The molecule has 150 valence electrons. The van der Waals surface area contributed by atoms with Gasteiger partial charge in [0.25, 0.3) is 5.65 Å². The number of piperazine rings is 1. The molecule has 0 unspecified atom stereocenters. The van der Waals surface area contributed by atoms with Crippen LogP contribution in [0, 0.1) is 6.92 Å². The third kappa shape index (κ3) is 4.14. The van der Waals surface area contributed by atoms with Gasteiger partial charge in [0.15, 0.2) is 5.69 Å². The molecule has 0 radical (unpaired) electrons. The average Bonchev–Trinajstić information content (AvgIpc) is 3.05. The van der Waals surface area contributed by atoms with Crippen molar-refractivity contribution in [1.82, 2.24) is 14.4 Å². The molecule has 3 heterocycles. The van der Waals surface area contributed by atoms with Crippen molar-refractivity contribution in [2.75, 3.05) is 33.2 Å². The van der Waals surface area contributed by atoms with E-state index in [9.17, 15) is 0 Å². The van der Waals surface area contributed by atoms with Gasteiger partial charge in [-0.1, -0.05) is 12.1 Å². The summed E-state index contributed by atoms with van der Waals surface area (Å²) in [6.07, 6.45) is 5.99. The third-order valence-electron chi connectivity index (χ3n) is 5.49. The summed E-state index contributed by atoms with van der Waals surface area (Å²) in [5.41, 5.74) is 11.8. The van der Waals surface area contributed by atoms with Crippen molar-refractivity contribution >= 4 is 17.8 Å². The highest BCUT2D eigenvalue weighted by Gasteiger charge is 2.16. The summed E-state index contributed by atoms with van der Waals surface area (Å²) >= 11 is 0. The van der Waals surface area contributed by atoms with Crippen molar-refractivity contribution in [2.24, 2.45) is 23.0 Å². The van der Waals surface area contributed by atoms with Crippen molar-refractivity contribution in [1.29, 1.82) is 0 Å². The van der Waals surface area contributed by atoms with Crippen LogP contribution in [0.1, 0.15) is 11.1 Å². The van der Waals surface area contributed by atoms with Crippen LogP contribution in [0.4, 0.5) is 0 Å². The number of hydrogen-bond acceptors (Lipinski definition) is 3. The Kier molecular flexibility index (Phi) is 5.31. The van der Waals surface area contributed by atoms with Crippen LogP contribution < -0.4 is 10.1 Å². The highest BCUT2D eigenvalue weighted by molar-refractivity contribution is 5.83. The Bertz CT molecular complexity index is 1050. The molecule has 2 N–H and O–H groups in total. The summed E-state index contributed by atoms with van der Waals surface area (Å²) < 4.78 is 4.35. The second-order valence-corrected chi connectivity index (χ2v) is 7.66. The lowest BCUT2D eigenvalue weighted by molar-refractivity contribution is -0.510. The number of imidazole rings is 1. The molecule has 0 spiro atoms. The first-order chi connectivity index (χ1) is 14.0. The predicted octanol–water partition coefficient (Wildman–Crippen LogP) is 1.64. The van der Waals surface area contributed by atoms with Gasteiger partial charge >= 0.3 is 0 Å². The number of likely N-dealkylation sites (N-methyl/N-ethyl adjacent to an activating group) is 1. The molecule has 1 saturated heterocycles. The number of pyridine rings is 1. The normalized spacial score (nSPS) is 16.2. The maximum absolute atomic E-state index is 6.06. The van der Waals surface area contributed by atoms with Gasteiger partial charge in [0.1, 0.15) is 6.20 Å². The van der Waals surface area contributed by atoms with Gasteiger partial charge in [-0.3, -0.25) is 0 Å². The topological polar surface area (TPSA) is 66.2 Å². The number of nitrogens with two attached hydrogens (primary N) is 1. The van der Waals surface area contributed by atoms with E-state index in [1.807, 2.05) is 12.1 Å². The van der Waals surface area contributed by atoms with E-state index in [2.05, 4.69) is 86.6 Å². The predicted molar refractivity (Wildman–Crippen MR) is 117 cm³/mol. The summed E-state index contributed by atoms with van der Waals surface area (Å²) in [6, 6.07) is 12.6. The molecule has 0 amide bonds. The summed E-state index contributed by atoms with van der Waals surface area (Å²) in [5, 5.41) is 8.34. The first-order valence-electron chi connectivity index (χ1n) is 9.89. The van der Waals surface area contributed by atoms with Crippen molar-refractivity contribution in [3.05, 3.63) is 59.9 Å². The van der Waals surface area contributed by atoms with Crippen LogP contribution in [-0.4, -0.2) is 59.8 Å². The summed E-state index contributed by atoms with van der Waals surface area (Å²) in [5.74, 6) is 0.480. The van der Waals surface area contributed by atoms with Gasteiger partial charge in [-0.2, -0.15) is 5.10 Å². The Hall–Kier alpha value is -3.19. The number of fused-ring (bicyclic) bond motifs is 1. The van der Waals surface area contributed by atoms with Crippen LogP contribution in [0.2, 0.25) is 0 Å². The fourth-order valence-corrected chi connectivity index (χ4v) is 3.58. The number of hydrogen-bond donors (Lipinski definition) is 1. The number of guanidine groups is 1. The van der Waals surface area contributed by atoms with Crippen molar-refractivity contribution < 1.29 is 4.40 Å². The van der Waals surface area contributed by atoms with E-state index < -0.39 is 0 Å². The van der Waals surface area contributed by atoms with Crippen molar-refractivity contribution in [2.45, 2.75) is 6.92 Å². The zero-order valence-corrected chi connectivity index (χ0v) is 17.3. The van der Waals surface area contributed by atoms with E-state index in [4.69, 9.17) is 5.73 Å². The SMILES string of the molecule is Cc1cc[n+]2cc(-c3ccc(/C=N/N=C(\N)N4CCN(C)CC4)cc3)n(C)c2c1. The molecule has 3 aromatic rings. The largest absolute Gasteiger partial charge is 0.368 e. The summed E-state index contributed by atoms with van der Waals surface area (Å²) in [6.45, 7) is 5.87. The molecule has 4 rings (SSSR count). The van der Waals surface area contributed by atoms with Crippen LogP contribution in [0.5, 0.6) is 0 Å². The van der Waals surface area contributed by atoms with E-state index in [1.165, 1.54) is 11.2 Å². The van der Waals surface area contributed by atoms with Crippen molar-refractivity contribution in [3.63, 3.8) is 0 Å². The van der Waals surface area contributed by atoms with E-state index in [1.54, 1.807) is 6.21 Å². The molecule has 0 atom stereocenters. The highest BCUT2D eigenvalue weighted by Crippen LogP contribution is 2.20. The average molecular weight is 391 g/mol. The maximum atomic E-state index is 6.06. The van der Waals surface area contributed by atoms with Gasteiger partial charge < -0.3 is 15.5 Å². The van der Waals surface area contributed by atoms with Crippen LogP contribution in [0.25, 0.3) is 16.9 Å². The van der Waals surface area contributed by atoms with Crippen molar-refractivity contribution in [3.8, 4) is 11.3 Å². The number of rotatable bonds is 3. The van der Waals surface area contributed by atoms with Gasteiger partial charge in [0.2, 0.25) is 5.96 Å². The number of aryl methyl sites for hydroxylation is 2. The van der Waals surface area contributed by atoms with E-state index in [-0.39, 0.29) is 0 Å². The van der Waals surface area contributed by atoms with E-state index >= 15 is 0 Å². The molecule has 7 heteroatoms. The van der Waals surface area contributed by atoms with Crippen LogP contribution in [-0.2, 0) is 7.05 Å². The molecule has 2 aromatic heterocycles. The highest BCUT2D eigenvalue weighted by atomic mass is 15.4. The fraction of sp³-hybridized carbons (Fsp3) is 0.318. The lowest BCUT2D eigenvalue weighted by Gasteiger charge is -2.32. The molecule has 29 heavy (non-hydrogen) atoms. The monoisotopic (exact) mass is 390 g/mol. The quantitative estimate of drug-likeness (QED) is 0.320. The molecule has 1 aliphatic heterocycles. The van der Waals surface area contributed by atoms with Gasteiger partial charge in [0.05, 0.1) is 19.5 Å². The Labute approximate surface area is 171 Å². The second-order valence-electron chi connectivity index (χ2n) is 7.66. The Morgan fingerprint density at radius 3 is 2.52 bits per heavy atom. The number of nitrogens with zero attached hydrogens (tertiary/aromatic N) is 6. The van der Waals surface area contributed by atoms with E-state index in [0.29, 0.717) is 5.96 Å².